The minimum Gasteiger partial charge on any atom is -0.340 e. The van der Waals surface area contributed by atoms with E-state index in [1.807, 2.05) is 18.2 Å². The molecule has 0 amide bonds. The summed E-state index contributed by atoms with van der Waals surface area (Å²) in [4.78, 5) is 14.4. The summed E-state index contributed by atoms with van der Waals surface area (Å²) < 4.78 is 40.6. The van der Waals surface area contributed by atoms with Gasteiger partial charge >= 0.3 is 6.18 Å². The standard InChI is InChI=1S/C26H25ClF3N9/c27-18-1-2-21-16(5-18)9-37(20-10-36(11-20)15-26(28,29)30)12-22-34-35-23(39(21)22)17-6-25(7-17)13-38(14-25)24-32-4-3-19(8-31)33-24/h1-5,17,20H,6-7,9-15H2. The molecule has 13 heteroatoms. The molecule has 9 nitrogen and oxygen atoms in total. The van der Waals surface area contributed by atoms with Crippen LogP contribution in [0.4, 0.5) is 19.1 Å². The smallest absolute Gasteiger partial charge is 0.340 e. The van der Waals surface area contributed by atoms with Gasteiger partial charge in [0.1, 0.15) is 17.6 Å². The van der Waals surface area contributed by atoms with Gasteiger partial charge in [0.05, 0.1) is 18.8 Å². The average molecular weight is 556 g/mol. The van der Waals surface area contributed by atoms with Crippen molar-refractivity contribution in [3.8, 4) is 11.8 Å². The second kappa shape index (κ2) is 8.87. The van der Waals surface area contributed by atoms with Gasteiger partial charge in [-0.15, -0.1) is 10.2 Å². The maximum atomic E-state index is 12.8. The third kappa shape index (κ3) is 4.42. The summed E-state index contributed by atoms with van der Waals surface area (Å²) in [6.45, 7) is 2.66. The van der Waals surface area contributed by atoms with Gasteiger partial charge in [-0.2, -0.15) is 18.4 Å². The van der Waals surface area contributed by atoms with Crippen molar-refractivity contribution in [3.63, 3.8) is 0 Å². The molecule has 1 aromatic carbocycles. The number of nitrogens with zero attached hydrogens (tertiary/aromatic N) is 9. The number of nitriles is 1. The molecule has 7 rings (SSSR count). The predicted molar refractivity (Wildman–Crippen MR) is 135 cm³/mol. The molecule has 2 aromatic heterocycles. The maximum absolute atomic E-state index is 12.8. The van der Waals surface area contributed by atoms with Crippen molar-refractivity contribution in [2.24, 2.45) is 5.41 Å². The van der Waals surface area contributed by atoms with E-state index in [1.54, 1.807) is 12.3 Å². The van der Waals surface area contributed by atoms with E-state index in [4.69, 9.17) is 16.9 Å². The quantitative estimate of drug-likeness (QED) is 0.483. The fourth-order valence-corrected chi connectivity index (χ4v) is 6.82. The fourth-order valence-electron chi connectivity index (χ4n) is 6.62. The largest absolute Gasteiger partial charge is 0.401 e. The highest BCUT2D eigenvalue weighted by Crippen LogP contribution is 2.56. The van der Waals surface area contributed by atoms with Crippen molar-refractivity contribution in [1.29, 1.82) is 5.26 Å². The van der Waals surface area contributed by atoms with Crippen LogP contribution in [0.2, 0.25) is 5.02 Å². The van der Waals surface area contributed by atoms with Crippen LogP contribution in [0, 0.1) is 16.7 Å². The maximum Gasteiger partial charge on any atom is 0.401 e. The Balaban J connectivity index is 1.08. The Morgan fingerprint density at radius 3 is 2.64 bits per heavy atom. The first kappa shape index (κ1) is 24.7. The van der Waals surface area contributed by atoms with E-state index in [0.29, 0.717) is 42.8 Å². The zero-order valence-corrected chi connectivity index (χ0v) is 21.7. The van der Waals surface area contributed by atoms with E-state index in [1.165, 1.54) is 4.90 Å². The molecule has 4 aliphatic rings. The first-order valence-electron chi connectivity index (χ1n) is 12.9. The van der Waals surface area contributed by atoms with E-state index >= 15 is 0 Å². The van der Waals surface area contributed by atoms with Gasteiger partial charge in [-0.05, 0) is 42.7 Å². The molecule has 0 N–H and O–H groups in total. The van der Waals surface area contributed by atoms with Crippen LogP contribution in [-0.4, -0.2) is 79.5 Å². The highest BCUT2D eigenvalue weighted by Gasteiger charge is 2.55. The van der Waals surface area contributed by atoms with E-state index in [2.05, 4.69) is 40.6 Å². The molecule has 202 valence electrons. The minimum absolute atomic E-state index is 0.0144. The lowest BCUT2D eigenvalue weighted by Crippen LogP contribution is -2.62. The summed E-state index contributed by atoms with van der Waals surface area (Å²) in [5.41, 5.74) is 2.55. The SMILES string of the molecule is N#Cc1ccnc(N2CC3(CC(c4nnc5n4-c4ccc(Cl)cc4CN(C4CN(CC(F)(F)F)C4)C5)C3)C2)n1. The zero-order valence-electron chi connectivity index (χ0n) is 20.9. The van der Waals surface area contributed by atoms with Crippen molar-refractivity contribution < 1.29 is 13.2 Å². The van der Waals surface area contributed by atoms with Crippen molar-refractivity contribution in [2.45, 2.75) is 44.1 Å². The summed E-state index contributed by atoms with van der Waals surface area (Å²) in [5.74, 6) is 2.57. The number of fused-ring (bicyclic) bond motifs is 3. The molecule has 39 heavy (non-hydrogen) atoms. The van der Waals surface area contributed by atoms with Gasteiger partial charge in [0.15, 0.2) is 5.82 Å². The molecule has 0 bridgehead atoms. The van der Waals surface area contributed by atoms with Crippen LogP contribution in [0.25, 0.3) is 5.69 Å². The minimum atomic E-state index is -4.19. The monoisotopic (exact) mass is 555 g/mol. The predicted octanol–water partition coefficient (Wildman–Crippen LogP) is 3.53. The zero-order chi connectivity index (χ0) is 26.9. The summed E-state index contributed by atoms with van der Waals surface area (Å²) >= 11 is 6.36. The molecular weight excluding hydrogens is 531 g/mol. The highest BCUT2D eigenvalue weighted by molar-refractivity contribution is 6.30. The first-order valence-corrected chi connectivity index (χ1v) is 13.3. The Labute approximate surface area is 227 Å². The molecule has 1 saturated carbocycles. The number of alkyl halides is 3. The van der Waals surface area contributed by atoms with Gasteiger partial charge in [0.2, 0.25) is 5.95 Å². The molecule has 0 radical (unpaired) electrons. The van der Waals surface area contributed by atoms with Crippen molar-refractivity contribution in [2.75, 3.05) is 37.6 Å². The Morgan fingerprint density at radius 1 is 1.10 bits per heavy atom. The molecular formula is C26H25ClF3N9. The number of benzene rings is 1. The molecule has 3 fully saturated rings. The van der Waals surface area contributed by atoms with E-state index in [0.717, 1.165) is 48.8 Å². The van der Waals surface area contributed by atoms with Crippen LogP contribution in [0.15, 0.2) is 30.5 Å². The van der Waals surface area contributed by atoms with Gasteiger partial charge in [-0.25, -0.2) is 9.97 Å². The molecule has 1 aliphatic carbocycles. The summed E-state index contributed by atoms with van der Waals surface area (Å²) in [6.07, 6.45) is -0.627. The van der Waals surface area contributed by atoms with Crippen LogP contribution in [0.3, 0.4) is 0 Å². The Hall–Kier alpha value is -3.27. The lowest BCUT2D eigenvalue weighted by molar-refractivity contribution is -0.161. The van der Waals surface area contributed by atoms with Crippen LogP contribution < -0.4 is 4.90 Å². The van der Waals surface area contributed by atoms with Crippen LogP contribution >= 0.6 is 11.6 Å². The molecule has 2 saturated heterocycles. The van der Waals surface area contributed by atoms with Gasteiger partial charge in [0.25, 0.3) is 0 Å². The number of anilines is 1. The van der Waals surface area contributed by atoms with Gasteiger partial charge < -0.3 is 4.90 Å². The first-order chi connectivity index (χ1) is 18.7. The number of rotatable bonds is 4. The molecule has 3 aliphatic heterocycles. The number of halogens is 4. The number of aromatic nitrogens is 5. The van der Waals surface area contributed by atoms with Gasteiger partial charge in [-0.3, -0.25) is 14.4 Å². The van der Waals surface area contributed by atoms with Crippen LogP contribution in [-0.2, 0) is 13.1 Å². The highest BCUT2D eigenvalue weighted by atomic mass is 35.5. The third-order valence-corrected chi connectivity index (χ3v) is 8.66. The Morgan fingerprint density at radius 2 is 1.90 bits per heavy atom. The lowest BCUT2D eigenvalue weighted by atomic mass is 9.57. The molecule has 0 atom stereocenters. The second-order valence-electron chi connectivity index (χ2n) is 11.3. The Bertz CT molecular complexity index is 1460. The van der Waals surface area contributed by atoms with Crippen molar-refractivity contribution >= 4 is 17.5 Å². The van der Waals surface area contributed by atoms with Crippen LogP contribution in [0.5, 0.6) is 0 Å². The van der Waals surface area contributed by atoms with Crippen molar-refractivity contribution in [1.82, 2.24) is 34.5 Å². The number of likely N-dealkylation sites (tertiary alicyclic amines) is 1. The molecule has 5 heterocycles. The molecule has 1 spiro atoms. The summed E-state index contributed by atoms with van der Waals surface area (Å²) in [5, 5.41) is 18.9. The number of hydrogen-bond acceptors (Lipinski definition) is 8. The average Bonchev–Trinajstić information content (AvgIpc) is 3.14. The summed E-state index contributed by atoms with van der Waals surface area (Å²) in [7, 11) is 0. The van der Waals surface area contributed by atoms with Gasteiger partial charge in [-0.1, -0.05) is 11.6 Å². The molecule has 0 unspecified atom stereocenters. The second-order valence-corrected chi connectivity index (χ2v) is 11.7. The third-order valence-electron chi connectivity index (χ3n) is 8.43. The fraction of sp³-hybridized carbons (Fsp3) is 0.500. The van der Waals surface area contributed by atoms with E-state index in [9.17, 15) is 13.2 Å². The van der Waals surface area contributed by atoms with Gasteiger partial charge in [0, 0.05) is 61.3 Å². The van der Waals surface area contributed by atoms with Crippen molar-refractivity contribution in [3.05, 3.63) is 58.4 Å². The van der Waals surface area contributed by atoms with Crippen LogP contribution in [0.1, 0.15) is 41.7 Å². The van der Waals surface area contributed by atoms with E-state index in [-0.39, 0.29) is 17.4 Å². The lowest BCUT2D eigenvalue weighted by Gasteiger charge is -2.58. The summed E-state index contributed by atoms with van der Waals surface area (Å²) in [6, 6.07) is 9.48. The topological polar surface area (TPSA) is 90.0 Å². The van der Waals surface area contributed by atoms with E-state index < -0.39 is 12.7 Å². The Kier molecular flexibility index (Phi) is 5.63. The number of hydrogen-bond donors (Lipinski definition) is 0. The molecule has 3 aromatic rings. The normalized spacial score (nSPS) is 21.4.